The minimum absolute atomic E-state index is 0.0735. The van der Waals surface area contributed by atoms with Crippen LogP contribution in [0.25, 0.3) is 10.9 Å². The van der Waals surface area contributed by atoms with Crippen molar-refractivity contribution in [2.24, 2.45) is 11.7 Å². The molecule has 4 heteroatoms. The van der Waals surface area contributed by atoms with Gasteiger partial charge in [-0.15, -0.1) is 0 Å². The zero-order chi connectivity index (χ0) is 14.5. The maximum absolute atomic E-state index is 12.0. The summed E-state index contributed by atoms with van der Waals surface area (Å²) in [5, 5.41) is 4.06. The van der Waals surface area contributed by atoms with Gasteiger partial charge in [-0.2, -0.15) is 0 Å². The van der Waals surface area contributed by atoms with E-state index in [-0.39, 0.29) is 5.91 Å². The van der Waals surface area contributed by atoms with E-state index in [2.05, 4.69) is 24.1 Å². The van der Waals surface area contributed by atoms with E-state index < -0.39 is 6.04 Å². The van der Waals surface area contributed by atoms with Crippen LogP contribution in [0, 0.1) is 5.92 Å². The first-order valence-electron chi connectivity index (χ1n) is 7.20. The third-order valence-corrected chi connectivity index (χ3v) is 3.77. The Labute approximate surface area is 119 Å². The maximum atomic E-state index is 12.0. The maximum Gasteiger partial charge on any atom is 0.237 e. The molecule has 1 aromatic carbocycles. The third-order valence-electron chi connectivity index (χ3n) is 3.77. The Bertz CT molecular complexity index is 576. The van der Waals surface area contributed by atoms with Crippen LogP contribution < -0.4 is 11.1 Å². The van der Waals surface area contributed by atoms with E-state index in [9.17, 15) is 4.79 Å². The number of hydrogen-bond acceptors (Lipinski definition) is 2. The summed E-state index contributed by atoms with van der Waals surface area (Å²) < 4.78 is 0. The number of nitrogens with two attached hydrogens (primary N) is 1. The van der Waals surface area contributed by atoms with Crippen molar-refractivity contribution in [3.8, 4) is 0 Å². The van der Waals surface area contributed by atoms with E-state index in [4.69, 9.17) is 5.73 Å². The van der Waals surface area contributed by atoms with Gasteiger partial charge in [0.2, 0.25) is 5.91 Å². The van der Waals surface area contributed by atoms with Crippen LogP contribution in [-0.4, -0.2) is 23.5 Å². The molecule has 0 spiro atoms. The lowest BCUT2D eigenvalue weighted by molar-refractivity contribution is -0.122. The van der Waals surface area contributed by atoms with Gasteiger partial charge in [0.1, 0.15) is 0 Å². The number of H-pyrrole nitrogens is 1. The van der Waals surface area contributed by atoms with Crippen molar-refractivity contribution in [3.63, 3.8) is 0 Å². The summed E-state index contributed by atoms with van der Waals surface area (Å²) >= 11 is 0. The topological polar surface area (TPSA) is 70.9 Å². The standard InChI is InChI=1S/C16H23N3O/c1-3-11(2)9-19-16(20)14(17)8-12-10-18-15-7-5-4-6-13(12)15/h4-7,10-11,14,18H,3,8-9,17H2,1-2H3,(H,19,20)/t11?,14-/m0/s1. The number of nitrogens with one attached hydrogen (secondary N) is 2. The number of amides is 1. The SMILES string of the molecule is CCC(C)CNC(=O)[C@@H](N)Cc1c[nH]c2ccccc12. The molecule has 20 heavy (non-hydrogen) atoms. The molecule has 1 unspecified atom stereocenters. The van der Waals surface area contributed by atoms with Crippen molar-refractivity contribution in [2.45, 2.75) is 32.7 Å². The van der Waals surface area contributed by atoms with Gasteiger partial charge in [0.25, 0.3) is 0 Å². The van der Waals surface area contributed by atoms with Gasteiger partial charge >= 0.3 is 0 Å². The van der Waals surface area contributed by atoms with Crippen molar-refractivity contribution < 1.29 is 4.79 Å². The molecule has 0 saturated heterocycles. The van der Waals surface area contributed by atoms with Crippen molar-refractivity contribution in [3.05, 3.63) is 36.0 Å². The normalized spacial score (nSPS) is 14.2. The summed E-state index contributed by atoms with van der Waals surface area (Å²) in [6.07, 6.45) is 3.54. The molecule has 1 heterocycles. The molecule has 108 valence electrons. The summed E-state index contributed by atoms with van der Waals surface area (Å²) in [6, 6.07) is 7.55. The number of para-hydroxylation sites is 1. The first-order valence-corrected chi connectivity index (χ1v) is 7.20. The highest BCUT2D eigenvalue weighted by Gasteiger charge is 2.16. The van der Waals surface area contributed by atoms with E-state index in [0.29, 0.717) is 18.9 Å². The summed E-state index contributed by atoms with van der Waals surface area (Å²) in [5.74, 6) is 0.412. The van der Waals surface area contributed by atoms with Gasteiger partial charge in [0, 0.05) is 23.6 Å². The Morgan fingerprint density at radius 3 is 2.90 bits per heavy atom. The Morgan fingerprint density at radius 1 is 1.40 bits per heavy atom. The van der Waals surface area contributed by atoms with E-state index >= 15 is 0 Å². The van der Waals surface area contributed by atoms with Crippen LogP contribution in [0.4, 0.5) is 0 Å². The van der Waals surface area contributed by atoms with Crippen molar-refractivity contribution in [1.82, 2.24) is 10.3 Å². The van der Waals surface area contributed by atoms with Crippen molar-refractivity contribution in [1.29, 1.82) is 0 Å². The number of carbonyl (C=O) groups is 1. The predicted octanol–water partition coefficient (Wildman–Crippen LogP) is 2.20. The van der Waals surface area contributed by atoms with Crippen LogP contribution in [0.3, 0.4) is 0 Å². The van der Waals surface area contributed by atoms with Crippen LogP contribution in [0.1, 0.15) is 25.8 Å². The van der Waals surface area contributed by atoms with Crippen molar-refractivity contribution >= 4 is 16.8 Å². The number of fused-ring (bicyclic) bond motifs is 1. The Hall–Kier alpha value is -1.81. The summed E-state index contributed by atoms with van der Waals surface area (Å²) in [6.45, 7) is 4.92. The molecule has 0 saturated carbocycles. The first kappa shape index (κ1) is 14.6. The van der Waals surface area contributed by atoms with Gasteiger partial charge in [-0.3, -0.25) is 4.79 Å². The highest BCUT2D eigenvalue weighted by molar-refractivity contribution is 5.86. The Kier molecular flexibility index (Phi) is 4.79. The molecule has 2 aromatic rings. The number of hydrogen-bond donors (Lipinski definition) is 3. The fourth-order valence-corrected chi connectivity index (χ4v) is 2.18. The second-order valence-electron chi connectivity index (χ2n) is 5.43. The number of carbonyl (C=O) groups excluding carboxylic acids is 1. The fourth-order valence-electron chi connectivity index (χ4n) is 2.18. The number of rotatable bonds is 6. The average Bonchev–Trinajstić information content (AvgIpc) is 2.87. The van der Waals surface area contributed by atoms with Crippen LogP contribution in [0.5, 0.6) is 0 Å². The summed E-state index contributed by atoms with van der Waals surface area (Å²) in [7, 11) is 0. The highest BCUT2D eigenvalue weighted by Crippen LogP contribution is 2.18. The fraction of sp³-hybridized carbons (Fsp3) is 0.438. The van der Waals surface area contributed by atoms with Gasteiger partial charge in [0.05, 0.1) is 6.04 Å². The molecule has 1 aromatic heterocycles. The van der Waals surface area contributed by atoms with Crippen LogP contribution >= 0.6 is 0 Å². The van der Waals surface area contributed by atoms with Crippen LogP contribution in [0.15, 0.2) is 30.5 Å². The molecule has 0 bridgehead atoms. The molecule has 0 radical (unpaired) electrons. The monoisotopic (exact) mass is 273 g/mol. The van der Waals surface area contributed by atoms with E-state index in [1.807, 2.05) is 30.5 Å². The molecule has 4 nitrogen and oxygen atoms in total. The van der Waals surface area contributed by atoms with Gasteiger partial charge < -0.3 is 16.0 Å². The van der Waals surface area contributed by atoms with Crippen molar-refractivity contribution in [2.75, 3.05) is 6.54 Å². The van der Waals surface area contributed by atoms with Gasteiger partial charge in [0.15, 0.2) is 0 Å². The molecule has 0 fully saturated rings. The second kappa shape index (κ2) is 6.57. The molecule has 1 amide bonds. The molecule has 0 aliphatic heterocycles. The number of aromatic nitrogens is 1. The zero-order valence-electron chi connectivity index (χ0n) is 12.1. The Morgan fingerprint density at radius 2 is 2.15 bits per heavy atom. The average molecular weight is 273 g/mol. The minimum Gasteiger partial charge on any atom is -0.361 e. The van der Waals surface area contributed by atoms with Gasteiger partial charge in [-0.25, -0.2) is 0 Å². The third kappa shape index (κ3) is 3.39. The molecule has 4 N–H and O–H groups in total. The lowest BCUT2D eigenvalue weighted by Gasteiger charge is -2.14. The molecule has 0 aliphatic carbocycles. The second-order valence-corrected chi connectivity index (χ2v) is 5.43. The summed E-state index contributed by atoms with van der Waals surface area (Å²) in [5.41, 5.74) is 8.17. The zero-order valence-corrected chi connectivity index (χ0v) is 12.1. The highest BCUT2D eigenvalue weighted by atomic mass is 16.2. The van der Waals surface area contributed by atoms with E-state index in [1.165, 1.54) is 0 Å². The summed E-state index contributed by atoms with van der Waals surface area (Å²) in [4.78, 5) is 15.2. The molecular weight excluding hydrogens is 250 g/mol. The largest absolute Gasteiger partial charge is 0.361 e. The molecule has 2 atom stereocenters. The first-order chi connectivity index (χ1) is 9.61. The van der Waals surface area contributed by atoms with E-state index in [0.717, 1.165) is 22.9 Å². The molecule has 0 aliphatic rings. The molecular formula is C16H23N3O. The quantitative estimate of drug-likeness (QED) is 0.755. The van der Waals surface area contributed by atoms with Crippen LogP contribution in [-0.2, 0) is 11.2 Å². The lowest BCUT2D eigenvalue weighted by atomic mass is 10.0. The van der Waals surface area contributed by atoms with Gasteiger partial charge in [-0.05, 0) is 24.0 Å². The van der Waals surface area contributed by atoms with Gasteiger partial charge in [-0.1, -0.05) is 38.5 Å². The molecule has 2 rings (SSSR count). The Balaban J connectivity index is 1.97. The van der Waals surface area contributed by atoms with Crippen LogP contribution in [0.2, 0.25) is 0 Å². The number of benzene rings is 1. The predicted molar refractivity (Wildman–Crippen MR) is 82.4 cm³/mol. The lowest BCUT2D eigenvalue weighted by Crippen LogP contribution is -2.43. The smallest absolute Gasteiger partial charge is 0.237 e. The van der Waals surface area contributed by atoms with E-state index in [1.54, 1.807) is 0 Å². The number of aromatic amines is 1. The minimum atomic E-state index is -0.502.